The standard InChI is InChI=1S/C26H28N4O4S/c1-5-35(33)18-8-6-17(7-9-18)15-23(31)30-22-11-10-19-20(28-22)12-13-26(3,24(19)32)21-14-16(2)27-25(29-21)34-4/h6-11,14H,5,12-13,15H2,1-4H3,(H,28,30,31). The van der Waals surface area contributed by atoms with Crippen molar-refractivity contribution in [1.82, 2.24) is 15.0 Å². The molecule has 1 aliphatic rings. The summed E-state index contributed by atoms with van der Waals surface area (Å²) < 4.78 is 17.1. The van der Waals surface area contributed by atoms with Gasteiger partial charge in [0.25, 0.3) is 0 Å². The normalized spacial score (nSPS) is 18.0. The third kappa shape index (κ3) is 5.14. The predicted octanol–water partition coefficient (Wildman–Crippen LogP) is 3.58. The number of ketones is 1. The number of methoxy groups -OCH3 is 1. The molecule has 0 saturated heterocycles. The summed E-state index contributed by atoms with van der Waals surface area (Å²) in [4.78, 5) is 40.0. The van der Waals surface area contributed by atoms with E-state index in [2.05, 4.69) is 20.3 Å². The zero-order valence-electron chi connectivity index (χ0n) is 20.3. The fourth-order valence-electron chi connectivity index (χ4n) is 4.21. The van der Waals surface area contributed by atoms with E-state index in [4.69, 9.17) is 4.74 Å². The van der Waals surface area contributed by atoms with E-state index in [1.54, 1.807) is 24.3 Å². The minimum absolute atomic E-state index is 0.0613. The number of Topliss-reactive ketones (excluding diaryl/α,β-unsaturated/α-hetero) is 1. The molecule has 1 N–H and O–H groups in total. The predicted molar refractivity (Wildman–Crippen MR) is 133 cm³/mol. The van der Waals surface area contributed by atoms with E-state index in [1.165, 1.54) is 7.11 Å². The Bertz CT molecular complexity index is 1310. The highest BCUT2D eigenvalue weighted by Gasteiger charge is 2.42. The Hall–Kier alpha value is -3.46. The second-order valence-electron chi connectivity index (χ2n) is 8.74. The lowest BCUT2D eigenvalue weighted by Crippen LogP contribution is -2.39. The lowest BCUT2D eigenvalue weighted by Gasteiger charge is -2.32. The van der Waals surface area contributed by atoms with Crippen molar-refractivity contribution in [1.29, 1.82) is 0 Å². The number of fused-ring (bicyclic) bond motifs is 1. The topological polar surface area (TPSA) is 111 Å². The van der Waals surface area contributed by atoms with Crippen LogP contribution in [0.25, 0.3) is 0 Å². The Morgan fingerprint density at radius 2 is 1.89 bits per heavy atom. The molecule has 35 heavy (non-hydrogen) atoms. The minimum atomic E-state index is -1.02. The minimum Gasteiger partial charge on any atom is -0.467 e. The van der Waals surface area contributed by atoms with Crippen molar-refractivity contribution in [2.75, 3.05) is 18.2 Å². The van der Waals surface area contributed by atoms with Gasteiger partial charge in [-0.25, -0.2) is 9.97 Å². The van der Waals surface area contributed by atoms with Gasteiger partial charge in [-0.3, -0.25) is 13.8 Å². The summed E-state index contributed by atoms with van der Waals surface area (Å²) in [5, 5.41) is 2.82. The van der Waals surface area contributed by atoms with Gasteiger partial charge < -0.3 is 10.1 Å². The molecule has 182 valence electrons. The molecule has 2 atom stereocenters. The van der Waals surface area contributed by atoms with E-state index in [-0.39, 0.29) is 24.1 Å². The first-order chi connectivity index (χ1) is 16.7. The summed E-state index contributed by atoms with van der Waals surface area (Å²) in [6.45, 7) is 5.59. The quantitative estimate of drug-likeness (QED) is 0.537. The molecule has 9 heteroatoms. The average Bonchev–Trinajstić information content (AvgIpc) is 2.86. The van der Waals surface area contributed by atoms with Crippen molar-refractivity contribution in [3.05, 3.63) is 70.7 Å². The van der Waals surface area contributed by atoms with Crippen LogP contribution in [0.15, 0.2) is 47.4 Å². The van der Waals surface area contributed by atoms with Crippen LogP contribution in [-0.4, -0.2) is 43.7 Å². The van der Waals surface area contributed by atoms with Gasteiger partial charge in [0.2, 0.25) is 5.91 Å². The number of aromatic nitrogens is 3. The maximum atomic E-state index is 13.5. The second-order valence-corrected chi connectivity index (χ2v) is 10.5. The highest BCUT2D eigenvalue weighted by molar-refractivity contribution is 7.85. The van der Waals surface area contributed by atoms with Gasteiger partial charge in [-0.1, -0.05) is 19.1 Å². The molecule has 3 aromatic rings. The average molecular weight is 493 g/mol. The van der Waals surface area contributed by atoms with Crippen LogP contribution < -0.4 is 10.1 Å². The first kappa shape index (κ1) is 24.7. The van der Waals surface area contributed by atoms with Crippen LogP contribution >= 0.6 is 0 Å². The Labute approximate surface area is 207 Å². The Morgan fingerprint density at radius 3 is 2.57 bits per heavy atom. The maximum Gasteiger partial charge on any atom is 0.316 e. The first-order valence-electron chi connectivity index (χ1n) is 11.5. The number of carbonyl (C=O) groups excluding carboxylic acids is 2. The molecule has 1 amide bonds. The molecule has 8 nitrogen and oxygen atoms in total. The van der Waals surface area contributed by atoms with E-state index in [0.717, 1.165) is 16.2 Å². The third-order valence-corrected chi connectivity index (χ3v) is 7.57. The van der Waals surface area contributed by atoms with Gasteiger partial charge in [0, 0.05) is 21.9 Å². The number of rotatable bonds is 7. The van der Waals surface area contributed by atoms with Crippen molar-refractivity contribution < 1.29 is 18.5 Å². The molecule has 0 fully saturated rings. The zero-order chi connectivity index (χ0) is 25.2. The van der Waals surface area contributed by atoms with Gasteiger partial charge in [0.05, 0.1) is 41.1 Å². The monoisotopic (exact) mass is 492 g/mol. The molecule has 1 aromatic carbocycles. The van der Waals surface area contributed by atoms with Gasteiger partial charge in [-0.15, -0.1) is 0 Å². The molecule has 0 bridgehead atoms. The number of ether oxygens (including phenoxy) is 1. The number of aryl methyl sites for hydroxylation is 2. The summed E-state index contributed by atoms with van der Waals surface area (Å²) in [6.07, 6.45) is 1.28. The van der Waals surface area contributed by atoms with E-state index < -0.39 is 16.2 Å². The Kier molecular flexibility index (Phi) is 7.07. The van der Waals surface area contributed by atoms with Crippen LogP contribution in [0.5, 0.6) is 6.01 Å². The molecular weight excluding hydrogens is 464 g/mol. The van der Waals surface area contributed by atoms with Crippen molar-refractivity contribution in [2.24, 2.45) is 0 Å². The number of amides is 1. The highest BCUT2D eigenvalue weighted by atomic mass is 32.2. The van der Waals surface area contributed by atoms with Gasteiger partial charge in [0.15, 0.2) is 5.78 Å². The third-order valence-electron chi connectivity index (χ3n) is 6.24. The number of carbonyl (C=O) groups is 2. The lowest BCUT2D eigenvalue weighted by molar-refractivity contribution is -0.115. The molecule has 0 saturated carbocycles. The number of anilines is 1. The molecule has 2 aromatic heterocycles. The number of hydrogen-bond acceptors (Lipinski definition) is 7. The first-order valence-corrected chi connectivity index (χ1v) is 12.8. The summed E-state index contributed by atoms with van der Waals surface area (Å²) in [5.41, 5.74) is 2.56. The van der Waals surface area contributed by atoms with Gasteiger partial charge >= 0.3 is 6.01 Å². The van der Waals surface area contributed by atoms with Crippen molar-refractivity contribution in [2.45, 2.75) is 50.3 Å². The SMILES string of the molecule is CCS(=O)c1ccc(CC(=O)Nc2ccc3c(n2)CCC(C)(c2cc(C)nc(OC)n2)C3=O)cc1. The lowest BCUT2D eigenvalue weighted by atomic mass is 9.71. The number of nitrogens with zero attached hydrogens (tertiary/aromatic N) is 3. The highest BCUT2D eigenvalue weighted by Crippen LogP contribution is 2.38. The molecular formula is C26H28N4O4S. The smallest absolute Gasteiger partial charge is 0.316 e. The second kappa shape index (κ2) is 10.0. The van der Waals surface area contributed by atoms with Crippen LogP contribution in [0.1, 0.15) is 53.3 Å². The number of hydrogen-bond donors (Lipinski definition) is 1. The molecule has 0 spiro atoms. The largest absolute Gasteiger partial charge is 0.467 e. The molecule has 2 heterocycles. The van der Waals surface area contributed by atoms with Crippen LogP contribution in [0, 0.1) is 6.92 Å². The van der Waals surface area contributed by atoms with Gasteiger partial charge in [-0.2, -0.15) is 4.98 Å². The summed E-state index contributed by atoms with van der Waals surface area (Å²) in [7, 11) is 0.483. The summed E-state index contributed by atoms with van der Waals surface area (Å²) in [5.74, 6) is 0.692. The molecule has 4 rings (SSSR count). The van der Waals surface area contributed by atoms with E-state index in [0.29, 0.717) is 41.4 Å². The number of nitrogens with one attached hydrogen (secondary N) is 1. The van der Waals surface area contributed by atoms with Crippen LogP contribution in [0.2, 0.25) is 0 Å². The van der Waals surface area contributed by atoms with Crippen LogP contribution in [0.3, 0.4) is 0 Å². The van der Waals surface area contributed by atoms with E-state index >= 15 is 0 Å². The number of pyridine rings is 1. The van der Waals surface area contributed by atoms with Crippen LogP contribution in [-0.2, 0) is 33.9 Å². The van der Waals surface area contributed by atoms with Gasteiger partial charge in [0.1, 0.15) is 5.82 Å². The molecule has 2 unspecified atom stereocenters. The summed E-state index contributed by atoms with van der Waals surface area (Å²) in [6, 6.07) is 12.6. The summed E-state index contributed by atoms with van der Waals surface area (Å²) >= 11 is 0. The van der Waals surface area contributed by atoms with E-state index in [1.807, 2.05) is 39.0 Å². The van der Waals surface area contributed by atoms with Crippen LogP contribution in [0.4, 0.5) is 5.82 Å². The Morgan fingerprint density at radius 1 is 1.14 bits per heavy atom. The number of benzene rings is 1. The molecule has 0 radical (unpaired) electrons. The fraction of sp³-hybridized carbons (Fsp3) is 0.346. The van der Waals surface area contributed by atoms with Crippen molar-refractivity contribution in [3.8, 4) is 6.01 Å². The Balaban J connectivity index is 1.48. The van der Waals surface area contributed by atoms with Crippen molar-refractivity contribution in [3.63, 3.8) is 0 Å². The maximum absolute atomic E-state index is 13.5. The molecule has 1 aliphatic carbocycles. The van der Waals surface area contributed by atoms with Crippen molar-refractivity contribution >= 4 is 28.3 Å². The zero-order valence-corrected chi connectivity index (χ0v) is 21.1. The fourth-order valence-corrected chi connectivity index (χ4v) is 4.98. The molecule has 0 aliphatic heterocycles. The van der Waals surface area contributed by atoms with Gasteiger partial charge in [-0.05, 0) is 62.6 Å². The van der Waals surface area contributed by atoms with E-state index in [9.17, 15) is 13.8 Å².